The molecule has 2 rings (SSSR count). The van der Waals surface area contributed by atoms with Crippen LogP contribution in [0, 0.1) is 6.92 Å². The van der Waals surface area contributed by atoms with Gasteiger partial charge in [-0.25, -0.2) is 4.98 Å². The second-order valence-electron chi connectivity index (χ2n) is 3.02. The molecular weight excluding hydrogens is 184 g/mol. The molecule has 0 saturated carbocycles. The first kappa shape index (κ1) is 8.55. The second-order valence-corrected chi connectivity index (χ2v) is 3.02. The fourth-order valence-corrected chi connectivity index (χ4v) is 1.35. The molecule has 5 heteroatoms. The van der Waals surface area contributed by atoms with E-state index < -0.39 is 5.56 Å². The Morgan fingerprint density at radius 1 is 1.43 bits per heavy atom. The molecule has 0 spiro atoms. The smallest absolute Gasteiger partial charge is 0.262 e. The van der Waals surface area contributed by atoms with Crippen molar-refractivity contribution in [2.24, 2.45) is 0 Å². The van der Waals surface area contributed by atoms with Crippen molar-refractivity contribution in [3.8, 4) is 11.5 Å². The molecule has 0 fully saturated rings. The first-order valence-electron chi connectivity index (χ1n) is 4.00. The second kappa shape index (κ2) is 2.73. The first-order chi connectivity index (χ1) is 6.61. The van der Waals surface area contributed by atoms with Crippen LogP contribution in [0.2, 0.25) is 0 Å². The number of phenols is 2. The van der Waals surface area contributed by atoms with Gasteiger partial charge < -0.3 is 15.2 Å². The number of rotatable bonds is 0. The van der Waals surface area contributed by atoms with Crippen LogP contribution in [0.4, 0.5) is 0 Å². The summed E-state index contributed by atoms with van der Waals surface area (Å²) in [6, 6.07) is 1.37. The van der Waals surface area contributed by atoms with E-state index in [0.717, 1.165) is 0 Å². The average molecular weight is 192 g/mol. The van der Waals surface area contributed by atoms with Gasteiger partial charge in [0, 0.05) is 0 Å². The minimum absolute atomic E-state index is 0.0185. The van der Waals surface area contributed by atoms with Gasteiger partial charge in [-0.05, 0) is 18.6 Å². The molecule has 14 heavy (non-hydrogen) atoms. The number of aromatic hydroxyl groups is 2. The van der Waals surface area contributed by atoms with Gasteiger partial charge in [0.25, 0.3) is 5.56 Å². The maximum absolute atomic E-state index is 11.3. The third-order valence-electron chi connectivity index (χ3n) is 2.06. The molecule has 0 aliphatic rings. The molecule has 5 nitrogen and oxygen atoms in total. The molecule has 0 bridgehead atoms. The van der Waals surface area contributed by atoms with Crippen molar-refractivity contribution in [2.75, 3.05) is 0 Å². The Balaban J connectivity index is 3.11. The van der Waals surface area contributed by atoms with E-state index in [9.17, 15) is 15.0 Å². The molecule has 0 radical (unpaired) electrons. The Hall–Kier alpha value is -2.04. The highest BCUT2D eigenvalue weighted by molar-refractivity contribution is 5.89. The summed E-state index contributed by atoms with van der Waals surface area (Å²) in [5.41, 5.74) is 0.0804. The summed E-state index contributed by atoms with van der Waals surface area (Å²) in [5.74, 6) is -0.256. The topological polar surface area (TPSA) is 86.2 Å². The Bertz CT molecular complexity index is 560. The van der Waals surface area contributed by atoms with Gasteiger partial charge in [0.05, 0.1) is 6.33 Å². The Labute approximate surface area is 78.7 Å². The number of hydrogen-bond donors (Lipinski definition) is 3. The van der Waals surface area contributed by atoms with Crippen LogP contribution in [-0.4, -0.2) is 20.2 Å². The number of aromatic amines is 1. The van der Waals surface area contributed by atoms with Gasteiger partial charge >= 0.3 is 0 Å². The van der Waals surface area contributed by atoms with Gasteiger partial charge in [-0.2, -0.15) is 0 Å². The molecule has 0 aliphatic carbocycles. The van der Waals surface area contributed by atoms with Gasteiger partial charge in [-0.1, -0.05) is 0 Å². The molecule has 0 atom stereocenters. The number of hydrogen-bond acceptors (Lipinski definition) is 4. The number of H-pyrrole nitrogens is 1. The van der Waals surface area contributed by atoms with Crippen molar-refractivity contribution in [3.63, 3.8) is 0 Å². The van der Waals surface area contributed by atoms with E-state index >= 15 is 0 Å². The first-order valence-corrected chi connectivity index (χ1v) is 4.00. The van der Waals surface area contributed by atoms with Crippen LogP contribution in [0.5, 0.6) is 11.5 Å². The van der Waals surface area contributed by atoms with Gasteiger partial charge in [-0.3, -0.25) is 4.79 Å². The molecule has 0 aliphatic heterocycles. The lowest BCUT2D eigenvalue weighted by Gasteiger charge is -2.04. The summed E-state index contributed by atoms with van der Waals surface area (Å²) in [5, 5.41) is 19.1. The molecule has 0 unspecified atom stereocenters. The van der Waals surface area contributed by atoms with Crippen LogP contribution < -0.4 is 5.56 Å². The van der Waals surface area contributed by atoms with Crippen LogP contribution in [0.1, 0.15) is 5.56 Å². The standard InChI is InChI=1S/C9H8N2O3/c1-4-2-5(12)7-6(8(4)13)9(14)11-3-10-7/h2-3,12-13H,1H3,(H,10,11,14). The molecule has 1 aromatic heterocycles. The van der Waals surface area contributed by atoms with E-state index in [1.165, 1.54) is 12.4 Å². The Kier molecular flexibility index (Phi) is 1.67. The lowest BCUT2D eigenvalue weighted by molar-refractivity contribution is 0.464. The summed E-state index contributed by atoms with van der Waals surface area (Å²) in [6.07, 6.45) is 1.18. The van der Waals surface area contributed by atoms with Crippen molar-refractivity contribution in [3.05, 3.63) is 28.3 Å². The third-order valence-corrected chi connectivity index (χ3v) is 2.06. The largest absolute Gasteiger partial charge is 0.507 e. The minimum atomic E-state index is -0.466. The van der Waals surface area contributed by atoms with Crippen molar-refractivity contribution in [1.29, 1.82) is 0 Å². The van der Waals surface area contributed by atoms with E-state index in [0.29, 0.717) is 5.56 Å². The van der Waals surface area contributed by atoms with Crippen LogP contribution in [0.15, 0.2) is 17.2 Å². The number of nitrogens with one attached hydrogen (secondary N) is 1. The number of nitrogens with zero attached hydrogens (tertiary/aromatic N) is 1. The quantitative estimate of drug-likeness (QED) is 0.534. The maximum Gasteiger partial charge on any atom is 0.262 e. The monoisotopic (exact) mass is 192 g/mol. The molecule has 72 valence electrons. The van der Waals surface area contributed by atoms with Gasteiger partial charge in [0.15, 0.2) is 0 Å². The molecular formula is C9H8N2O3. The molecule has 1 aromatic carbocycles. The summed E-state index contributed by atoms with van der Waals surface area (Å²) >= 11 is 0. The zero-order valence-corrected chi connectivity index (χ0v) is 7.40. The van der Waals surface area contributed by atoms with Crippen molar-refractivity contribution < 1.29 is 10.2 Å². The highest BCUT2D eigenvalue weighted by atomic mass is 16.3. The van der Waals surface area contributed by atoms with Crippen LogP contribution in [0.25, 0.3) is 10.9 Å². The molecule has 2 aromatic rings. The molecule has 0 amide bonds. The predicted molar refractivity (Wildman–Crippen MR) is 50.4 cm³/mol. The van der Waals surface area contributed by atoms with E-state index in [-0.39, 0.29) is 22.4 Å². The zero-order chi connectivity index (χ0) is 10.3. The highest BCUT2D eigenvalue weighted by Crippen LogP contribution is 2.30. The van der Waals surface area contributed by atoms with E-state index in [1.807, 2.05) is 0 Å². The SMILES string of the molecule is Cc1cc(O)c2nc[nH]c(=O)c2c1O. The predicted octanol–water partition coefficient (Wildman–Crippen LogP) is 0.643. The fraction of sp³-hybridized carbons (Fsp3) is 0.111. The van der Waals surface area contributed by atoms with Crippen LogP contribution >= 0.6 is 0 Å². The third kappa shape index (κ3) is 1.02. The Morgan fingerprint density at radius 2 is 2.14 bits per heavy atom. The average Bonchev–Trinajstić information content (AvgIpc) is 2.14. The van der Waals surface area contributed by atoms with E-state index in [2.05, 4.69) is 9.97 Å². The summed E-state index contributed by atoms with van der Waals surface area (Å²) in [7, 11) is 0. The van der Waals surface area contributed by atoms with Crippen molar-refractivity contribution >= 4 is 10.9 Å². The normalized spacial score (nSPS) is 10.6. The molecule has 3 N–H and O–H groups in total. The lowest BCUT2D eigenvalue weighted by atomic mass is 10.1. The number of aryl methyl sites for hydroxylation is 1. The van der Waals surface area contributed by atoms with Gasteiger partial charge in [-0.15, -0.1) is 0 Å². The lowest BCUT2D eigenvalue weighted by Crippen LogP contribution is -2.06. The summed E-state index contributed by atoms with van der Waals surface area (Å²) in [4.78, 5) is 17.4. The molecule has 0 saturated heterocycles. The molecule has 1 heterocycles. The van der Waals surface area contributed by atoms with Crippen molar-refractivity contribution in [1.82, 2.24) is 9.97 Å². The van der Waals surface area contributed by atoms with E-state index in [1.54, 1.807) is 6.92 Å². The van der Waals surface area contributed by atoms with Crippen LogP contribution in [0.3, 0.4) is 0 Å². The van der Waals surface area contributed by atoms with Gasteiger partial charge in [0.1, 0.15) is 22.4 Å². The van der Waals surface area contributed by atoms with Gasteiger partial charge in [0.2, 0.25) is 0 Å². The maximum atomic E-state index is 11.3. The number of aromatic nitrogens is 2. The number of benzene rings is 1. The van der Waals surface area contributed by atoms with Crippen molar-refractivity contribution in [2.45, 2.75) is 6.92 Å². The number of fused-ring (bicyclic) bond motifs is 1. The fourth-order valence-electron chi connectivity index (χ4n) is 1.35. The summed E-state index contributed by atoms with van der Waals surface area (Å²) in [6.45, 7) is 1.60. The number of phenolic OH excluding ortho intramolecular Hbond substituents is 2. The van der Waals surface area contributed by atoms with E-state index in [4.69, 9.17) is 0 Å². The summed E-state index contributed by atoms with van der Waals surface area (Å²) < 4.78 is 0. The minimum Gasteiger partial charge on any atom is -0.507 e. The zero-order valence-electron chi connectivity index (χ0n) is 7.40. The highest BCUT2D eigenvalue weighted by Gasteiger charge is 2.11. The Morgan fingerprint density at radius 3 is 2.86 bits per heavy atom. The van der Waals surface area contributed by atoms with Crippen LogP contribution in [-0.2, 0) is 0 Å².